The summed E-state index contributed by atoms with van der Waals surface area (Å²) >= 11 is 0. The number of H-pyrrole nitrogens is 1. The number of nitrogens with zero attached hydrogens (tertiary/aromatic N) is 2. The highest BCUT2D eigenvalue weighted by Crippen LogP contribution is 2.04. The molecule has 0 aliphatic heterocycles. The third kappa shape index (κ3) is 2.05. The van der Waals surface area contributed by atoms with Crippen molar-refractivity contribution in [3.8, 4) is 0 Å². The maximum atomic E-state index is 3.93. The number of hydrogen-bond acceptors (Lipinski definition) is 3. The highest BCUT2D eigenvalue weighted by molar-refractivity contribution is 5.40. The number of aromatic amines is 1. The zero-order valence-corrected chi connectivity index (χ0v) is 7.07. The molecule has 4 heteroatoms. The summed E-state index contributed by atoms with van der Waals surface area (Å²) < 4.78 is 0. The average Bonchev–Trinajstić information content (AvgIpc) is 2.69. The Morgan fingerprint density at radius 2 is 2.08 bits per heavy atom. The van der Waals surface area contributed by atoms with Gasteiger partial charge in [-0.3, -0.25) is 4.98 Å². The van der Waals surface area contributed by atoms with Crippen molar-refractivity contribution in [2.45, 2.75) is 6.54 Å². The molecule has 0 spiro atoms. The van der Waals surface area contributed by atoms with Gasteiger partial charge in [0, 0.05) is 24.3 Å². The average molecular weight is 174 g/mol. The zero-order chi connectivity index (χ0) is 8.93. The van der Waals surface area contributed by atoms with Crippen molar-refractivity contribution in [1.82, 2.24) is 15.0 Å². The molecule has 2 heterocycles. The summed E-state index contributed by atoms with van der Waals surface area (Å²) in [6.45, 7) is 0.754. The van der Waals surface area contributed by atoms with Gasteiger partial charge < -0.3 is 10.3 Å². The minimum atomic E-state index is 0.754. The van der Waals surface area contributed by atoms with Crippen LogP contribution in [0.15, 0.2) is 37.1 Å². The molecule has 0 aromatic carbocycles. The summed E-state index contributed by atoms with van der Waals surface area (Å²) in [4.78, 5) is 10.9. The molecule has 2 N–H and O–H groups in total. The van der Waals surface area contributed by atoms with E-state index in [9.17, 15) is 0 Å². The topological polar surface area (TPSA) is 53.6 Å². The van der Waals surface area contributed by atoms with Gasteiger partial charge in [-0.25, -0.2) is 4.98 Å². The van der Waals surface area contributed by atoms with E-state index in [1.54, 1.807) is 24.9 Å². The van der Waals surface area contributed by atoms with Crippen molar-refractivity contribution in [3.63, 3.8) is 0 Å². The Balaban J connectivity index is 1.94. The van der Waals surface area contributed by atoms with Crippen molar-refractivity contribution >= 4 is 5.69 Å². The van der Waals surface area contributed by atoms with Crippen molar-refractivity contribution < 1.29 is 0 Å². The fourth-order valence-corrected chi connectivity index (χ4v) is 1.05. The van der Waals surface area contributed by atoms with Gasteiger partial charge in [0.25, 0.3) is 0 Å². The van der Waals surface area contributed by atoms with Crippen LogP contribution in [0, 0.1) is 0 Å². The van der Waals surface area contributed by atoms with E-state index in [1.165, 1.54) is 0 Å². The van der Waals surface area contributed by atoms with Crippen LogP contribution < -0.4 is 5.32 Å². The first kappa shape index (κ1) is 7.79. The van der Waals surface area contributed by atoms with Crippen molar-refractivity contribution in [2.24, 2.45) is 0 Å². The molecule has 2 rings (SSSR count). The second-order valence-electron chi connectivity index (χ2n) is 2.67. The molecule has 0 saturated carbocycles. The molecule has 13 heavy (non-hydrogen) atoms. The summed E-state index contributed by atoms with van der Waals surface area (Å²) in [6, 6.07) is 3.85. The summed E-state index contributed by atoms with van der Waals surface area (Å²) in [6.07, 6.45) is 6.99. The molecule has 0 aliphatic carbocycles. The van der Waals surface area contributed by atoms with Crippen LogP contribution in [0.2, 0.25) is 0 Å². The Morgan fingerprint density at radius 1 is 1.23 bits per heavy atom. The number of imidazole rings is 1. The summed E-state index contributed by atoms with van der Waals surface area (Å²) in [5.74, 6) is 0. The van der Waals surface area contributed by atoms with E-state index >= 15 is 0 Å². The normalized spacial score (nSPS) is 9.85. The fraction of sp³-hybridized carbons (Fsp3) is 0.111. The van der Waals surface area contributed by atoms with Gasteiger partial charge in [0.15, 0.2) is 0 Å². The predicted octanol–water partition coefficient (Wildman–Crippen LogP) is 1.42. The Bertz CT molecular complexity index is 341. The quantitative estimate of drug-likeness (QED) is 0.739. The summed E-state index contributed by atoms with van der Waals surface area (Å²) in [7, 11) is 0. The Morgan fingerprint density at radius 3 is 2.77 bits per heavy atom. The molecule has 0 fully saturated rings. The van der Waals surface area contributed by atoms with Crippen LogP contribution in [0.4, 0.5) is 5.69 Å². The molecule has 0 bridgehead atoms. The summed E-state index contributed by atoms with van der Waals surface area (Å²) in [5, 5.41) is 3.24. The molecule has 66 valence electrons. The minimum Gasteiger partial charge on any atom is -0.379 e. The van der Waals surface area contributed by atoms with Crippen LogP contribution in [0.25, 0.3) is 0 Å². The number of rotatable bonds is 3. The summed E-state index contributed by atoms with van der Waals surface area (Å²) in [5.41, 5.74) is 2.13. The maximum Gasteiger partial charge on any atom is 0.0922 e. The van der Waals surface area contributed by atoms with Gasteiger partial charge in [0.05, 0.1) is 18.6 Å². The molecule has 0 aliphatic rings. The van der Waals surface area contributed by atoms with Crippen LogP contribution in [0.3, 0.4) is 0 Å². The minimum absolute atomic E-state index is 0.754. The van der Waals surface area contributed by atoms with Crippen molar-refractivity contribution in [3.05, 3.63) is 42.7 Å². The van der Waals surface area contributed by atoms with Crippen LogP contribution >= 0.6 is 0 Å². The second kappa shape index (κ2) is 3.71. The van der Waals surface area contributed by atoms with E-state index in [0.717, 1.165) is 17.9 Å². The lowest BCUT2D eigenvalue weighted by atomic mass is 10.4. The third-order valence-electron chi connectivity index (χ3n) is 1.72. The lowest BCUT2D eigenvalue weighted by Crippen LogP contribution is -1.99. The van der Waals surface area contributed by atoms with E-state index in [1.807, 2.05) is 12.1 Å². The van der Waals surface area contributed by atoms with Crippen molar-refractivity contribution in [2.75, 3.05) is 5.32 Å². The van der Waals surface area contributed by atoms with Gasteiger partial charge in [0.2, 0.25) is 0 Å². The van der Waals surface area contributed by atoms with Gasteiger partial charge >= 0.3 is 0 Å². The van der Waals surface area contributed by atoms with Crippen LogP contribution in [0.5, 0.6) is 0 Å². The van der Waals surface area contributed by atoms with Crippen molar-refractivity contribution in [1.29, 1.82) is 0 Å². The molecule has 0 unspecified atom stereocenters. The number of pyridine rings is 1. The van der Waals surface area contributed by atoms with Crippen LogP contribution in [-0.4, -0.2) is 15.0 Å². The molecule has 2 aromatic heterocycles. The first-order valence-corrected chi connectivity index (χ1v) is 4.06. The smallest absolute Gasteiger partial charge is 0.0922 e. The third-order valence-corrected chi connectivity index (χ3v) is 1.72. The molecule has 2 aromatic rings. The van der Waals surface area contributed by atoms with E-state index in [0.29, 0.717) is 0 Å². The first-order chi connectivity index (χ1) is 6.45. The lowest BCUT2D eigenvalue weighted by molar-refractivity contribution is 1.07. The highest BCUT2D eigenvalue weighted by atomic mass is 14.9. The van der Waals surface area contributed by atoms with Gasteiger partial charge in [-0.2, -0.15) is 0 Å². The number of anilines is 1. The Kier molecular flexibility index (Phi) is 2.22. The van der Waals surface area contributed by atoms with Gasteiger partial charge in [0.1, 0.15) is 0 Å². The molecule has 0 radical (unpaired) electrons. The molecule has 0 amide bonds. The molecular weight excluding hydrogens is 164 g/mol. The fourth-order valence-electron chi connectivity index (χ4n) is 1.05. The largest absolute Gasteiger partial charge is 0.379 e. The molecular formula is C9H10N4. The van der Waals surface area contributed by atoms with Crippen LogP contribution in [-0.2, 0) is 6.54 Å². The molecule has 0 atom stereocenters. The van der Waals surface area contributed by atoms with E-state index in [4.69, 9.17) is 0 Å². The lowest BCUT2D eigenvalue weighted by Gasteiger charge is -2.02. The van der Waals surface area contributed by atoms with Gasteiger partial charge in [-0.05, 0) is 12.1 Å². The Labute approximate surface area is 76.1 Å². The monoisotopic (exact) mass is 174 g/mol. The van der Waals surface area contributed by atoms with E-state index < -0.39 is 0 Å². The SMILES string of the molecule is c1cc(NCc2cnc[nH]2)ccn1. The molecule has 0 saturated heterocycles. The highest BCUT2D eigenvalue weighted by Gasteiger charge is 1.92. The van der Waals surface area contributed by atoms with E-state index in [2.05, 4.69) is 20.3 Å². The van der Waals surface area contributed by atoms with Gasteiger partial charge in [-0.15, -0.1) is 0 Å². The maximum absolute atomic E-state index is 3.93. The second-order valence-corrected chi connectivity index (χ2v) is 2.67. The van der Waals surface area contributed by atoms with E-state index in [-0.39, 0.29) is 0 Å². The predicted molar refractivity (Wildman–Crippen MR) is 50.2 cm³/mol. The van der Waals surface area contributed by atoms with Gasteiger partial charge in [-0.1, -0.05) is 0 Å². The first-order valence-electron chi connectivity index (χ1n) is 4.06. The Hall–Kier alpha value is -1.84. The van der Waals surface area contributed by atoms with Crippen LogP contribution in [0.1, 0.15) is 5.69 Å². The number of hydrogen-bond donors (Lipinski definition) is 2. The number of nitrogens with one attached hydrogen (secondary N) is 2. The number of aromatic nitrogens is 3. The molecule has 4 nitrogen and oxygen atoms in total. The zero-order valence-electron chi connectivity index (χ0n) is 7.07. The standard InChI is InChI=1S/C9H10N4/c1-3-10-4-2-8(1)12-6-9-5-11-7-13-9/h1-5,7H,6H2,(H,10,12)(H,11,13).